The average Bonchev–Trinajstić information content (AvgIpc) is 2.72. The minimum Gasteiger partial charge on any atom is -0.490 e. The molecule has 2 heterocycles. The van der Waals surface area contributed by atoms with E-state index >= 15 is 0 Å². The molecule has 0 bridgehead atoms. The van der Waals surface area contributed by atoms with E-state index in [1.165, 1.54) is 0 Å². The molecule has 10 heteroatoms. The third-order valence-corrected chi connectivity index (χ3v) is 3.95. The third kappa shape index (κ3) is 7.22. The van der Waals surface area contributed by atoms with Crippen LogP contribution in [0.4, 0.5) is 11.9 Å². The number of aromatic nitrogens is 5. The molecule has 32 heavy (non-hydrogen) atoms. The smallest absolute Gasteiger partial charge is 0.330 e. The zero-order chi connectivity index (χ0) is 22.9. The summed E-state index contributed by atoms with van der Waals surface area (Å²) in [5, 5.41) is 14.3. The molecule has 0 fully saturated rings. The van der Waals surface area contributed by atoms with Gasteiger partial charge in [-0.05, 0) is 46.2 Å². The molecule has 0 atom stereocenters. The number of hydrogen-bond acceptors (Lipinski definition) is 10. The number of benzene rings is 1. The van der Waals surface area contributed by atoms with Crippen molar-refractivity contribution in [3.05, 3.63) is 42.0 Å². The van der Waals surface area contributed by atoms with E-state index in [2.05, 4.69) is 35.8 Å². The van der Waals surface area contributed by atoms with Crippen LogP contribution in [0.3, 0.4) is 0 Å². The highest BCUT2D eigenvalue weighted by Crippen LogP contribution is 2.20. The van der Waals surface area contributed by atoms with Gasteiger partial charge in [-0.15, -0.1) is 10.2 Å². The van der Waals surface area contributed by atoms with Crippen molar-refractivity contribution < 1.29 is 14.2 Å². The van der Waals surface area contributed by atoms with E-state index in [1.807, 2.05) is 58.9 Å². The second-order valence-corrected chi connectivity index (χ2v) is 7.64. The van der Waals surface area contributed by atoms with E-state index in [4.69, 9.17) is 14.2 Å². The molecule has 0 aliphatic rings. The summed E-state index contributed by atoms with van der Waals surface area (Å²) in [7, 11) is 0. The number of nitrogens with one attached hydrogen (secondary N) is 2. The van der Waals surface area contributed by atoms with Crippen LogP contribution in [0.5, 0.6) is 23.5 Å². The van der Waals surface area contributed by atoms with Crippen LogP contribution in [-0.4, -0.2) is 50.4 Å². The second kappa shape index (κ2) is 11.1. The van der Waals surface area contributed by atoms with Gasteiger partial charge < -0.3 is 24.8 Å². The summed E-state index contributed by atoms with van der Waals surface area (Å²) in [5.74, 6) is 2.27. The lowest BCUT2D eigenvalue weighted by Gasteiger charge is -2.13. The zero-order valence-electron chi connectivity index (χ0n) is 19.0. The van der Waals surface area contributed by atoms with Crippen LogP contribution < -0.4 is 24.8 Å². The van der Waals surface area contributed by atoms with Crippen molar-refractivity contribution in [3.8, 4) is 23.5 Å². The molecule has 0 saturated heterocycles. The Bertz CT molecular complexity index is 969. The average molecular weight is 440 g/mol. The van der Waals surface area contributed by atoms with Crippen molar-refractivity contribution in [2.24, 2.45) is 0 Å². The van der Waals surface area contributed by atoms with E-state index in [9.17, 15) is 0 Å². The summed E-state index contributed by atoms with van der Waals surface area (Å²) in [6.07, 6.45) is 0. The number of nitrogens with zero attached hydrogens (tertiary/aromatic N) is 5. The SMILES string of the molecule is Cc1ccccc1OCCOc1ccc(Oc2nc(NC(C)C)nc(NC(C)C)n2)nn1. The Morgan fingerprint density at radius 2 is 1.34 bits per heavy atom. The van der Waals surface area contributed by atoms with Crippen LogP contribution in [0.1, 0.15) is 33.3 Å². The topological polar surface area (TPSA) is 116 Å². The van der Waals surface area contributed by atoms with E-state index < -0.39 is 0 Å². The molecule has 170 valence electrons. The molecule has 10 nitrogen and oxygen atoms in total. The number of hydrogen-bond donors (Lipinski definition) is 2. The maximum absolute atomic E-state index is 5.71. The Morgan fingerprint density at radius 1 is 0.750 bits per heavy atom. The standard InChI is InChI=1S/C22H29N7O3/c1-14(2)23-20-25-21(24-15(3)4)27-22(26-20)32-19-11-10-18(28-29-19)31-13-12-30-17-9-7-6-8-16(17)5/h6-11,14-15H,12-13H2,1-5H3,(H2,23,24,25,26,27). The normalized spacial score (nSPS) is 10.8. The Labute approximate surface area is 187 Å². The van der Waals surface area contributed by atoms with Gasteiger partial charge in [0.2, 0.25) is 23.7 Å². The highest BCUT2D eigenvalue weighted by molar-refractivity contribution is 5.37. The number of ether oxygens (including phenoxy) is 3. The third-order valence-electron chi connectivity index (χ3n) is 3.95. The quantitative estimate of drug-likeness (QED) is 0.427. The summed E-state index contributed by atoms with van der Waals surface area (Å²) in [4.78, 5) is 12.9. The van der Waals surface area contributed by atoms with E-state index in [0.29, 0.717) is 31.0 Å². The van der Waals surface area contributed by atoms with Crippen LogP contribution in [0, 0.1) is 6.92 Å². The van der Waals surface area contributed by atoms with Crippen LogP contribution in [0.2, 0.25) is 0 Å². The maximum atomic E-state index is 5.71. The molecule has 0 saturated carbocycles. The molecule has 0 aliphatic carbocycles. The second-order valence-electron chi connectivity index (χ2n) is 7.64. The molecular formula is C22H29N7O3. The van der Waals surface area contributed by atoms with Gasteiger partial charge in [0.1, 0.15) is 19.0 Å². The van der Waals surface area contributed by atoms with Crippen molar-refractivity contribution in [1.29, 1.82) is 0 Å². The lowest BCUT2D eigenvalue weighted by atomic mass is 10.2. The number of aryl methyl sites for hydroxylation is 1. The fourth-order valence-corrected chi connectivity index (χ4v) is 2.60. The van der Waals surface area contributed by atoms with Crippen LogP contribution in [-0.2, 0) is 0 Å². The summed E-state index contributed by atoms with van der Waals surface area (Å²) >= 11 is 0. The predicted octanol–water partition coefficient (Wildman–Crippen LogP) is 3.86. The first-order valence-corrected chi connectivity index (χ1v) is 10.5. The number of para-hydroxylation sites is 1. The minimum atomic E-state index is 0.112. The van der Waals surface area contributed by atoms with Crippen molar-refractivity contribution in [2.45, 2.75) is 46.7 Å². The molecule has 0 unspecified atom stereocenters. The molecule has 1 aromatic carbocycles. The van der Waals surface area contributed by atoms with Crippen LogP contribution >= 0.6 is 0 Å². The van der Waals surface area contributed by atoms with Crippen molar-refractivity contribution in [2.75, 3.05) is 23.8 Å². The maximum Gasteiger partial charge on any atom is 0.330 e. The molecular weight excluding hydrogens is 410 g/mol. The van der Waals surface area contributed by atoms with Crippen LogP contribution in [0.25, 0.3) is 0 Å². The van der Waals surface area contributed by atoms with Gasteiger partial charge in [0.25, 0.3) is 0 Å². The molecule has 2 N–H and O–H groups in total. The molecule has 0 amide bonds. The predicted molar refractivity (Wildman–Crippen MR) is 122 cm³/mol. The van der Waals surface area contributed by atoms with Gasteiger partial charge in [0, 0.05) is 24.2 Å². The summed E-state index contributed by atoms with van der Waals surface area (Å²) in [5.41, 5.74) is 1.07. The highest BCUT2D eigenvalue weighted by atomic mass is 16.5. The minimum absolute atomic E-state index is 0.112. The Kier molecular flexibility index (Phi) is 7.96. The molecule has 0 spiro atoms. The van der Waals surface area contributed by atoms with Gasteiger partial charge in [0.15, 0.2) is 0 Å². The van der Waals surface area contributed by atoms with Crippen molar-refractivity contribution in [3.63, 3.8) is 0 Å². The Morgan fingerprint density at radius 3 is 1.94 bits per heavy atom. The van der Waals surface area contributed by atoms with Gasteiger partial charge in [0.05, 0.1) is 0 Å². The largest absolute Gasteiger partial charge is 0.490 e. The van der Waals surface area contributed by atoms with Gasteiger partial charge in [-0.2, -0.15) is 15.0 Å². The van der Waals surface area contributed by atoms with Crippen molar-refractivity contribution >= 4 is 11.9 Å². The molecule has 3 aromatic rings. The first-order valence-electron chi connectivity index (χ1n) is 10.5. The summed E-state index contributed by atoms with van der Waals surface area (Å²) in [6, 6.07) is 11.6. The van der Waals surface area contributed by atoms with E-state index in [-0.39, 0.29) is 24.0 Å². The van der Waals surface area contributed by atoms with Gasteiger partial charge in [-0.25, -0.2) is 0 Å². The van der Waals surface area contributed by atoms with Crippen molar-refractivity contribution in [1.82, 2.24) is 25.1 Å². The monoisotopic (exact) mass is 439 g/mol. The highest BCUT2D eigenvalue weighted by Gasteiger charge is 2.11. The fraction of sp³-hybridized carbons (Fsp3) is 0.409. The zero-order valence-corrected chi connectivity index (χ0v) is 19.0. The Balaban J connectivity index is 1.57. The number of rotatable bonds is 11. The summed E-state index contributed by atoms with van der Waals surface area (Å²) in [6.45, 7) is 10.7. The molecule has 2 aromatic heterocycles. The lowest BCUT2D eigenvalue weighted by molar-refractivity contribution is 0.209. The van der Waals surface area contributed by atoms with Gasteiger partial charge in [-0.3, -0.25) is 0 Å². The fourth-order valence-electron chi connectivity index (χ4n) is 2.60. The number of anilines is 2. The van der Waals surface area contributed by atoms with Gasteiger partial charge >= 0.3 is 6.01 Å². The molecule has 3 rings (SSSR count). The summed E-state index contributed by atoms with van der Waals surface area (Å²) < 4.78 is 17.0. The first kappa shape index (κ1) is 23.0. The Hall–Kier alpha value is -3.69. The van der Waals surface area contributed by atoms with E-state index in [0.717, 1.165) is 11.3 Å². The molecule has 0 aliphatic heterocycles. The first-order chi connectivity index (χ1) is 15.4. The van der Waals surface area contributed by atoms with Gasteiger partial charge in [-0.1, -0.05) is 18.2 Å². The van der Waals surface area contributed by atoms with E-state index in [1.54, 1.807) is 12.1 Å². The van der Waals surface area contributed by atoms with Crippen LogP contribution in [0.15, 0.2) is 36.4 Å². The molecule has 0 radical (unpaired) electrons. The lowest BCUT2D eigenvalue weighted by Crippen LogP contribution is -2.17.